The van der Waals surface area contributed by atoms with E-state index in [1.54, 1.807) is 20.0 Å². The average Bonchev–Trinajstić information content (AvgIpc) is 3.29. The Hall–Kier alpha value is -4.26. The van der Waals surface area contributed by atoms with Crippen molar-refractivity contribution in [2.75, 3.05) is 26.2 Å². The van der Waals surface area contributed by atoms with E-state index >= 15 is 0 Å². The fraction of sp³-hybridized carbons (Fsp3) is 0.440. The minimum absolute atomic E-state index is 0.104. The first kappa shape index (κ1) is 30.0. The molecule has 1 aromatic carbocycles. The van der Waals surface area contributed by atoms with E-state index in [2.05, 4.69) is 31.6 Å². The number of hydrogen-bond acceptors (Lipinski definition) is 7. The number of benzene rings is 1. The van der Waals surface area contributed by atoms with Gasteiger partial charge in [0.2, 0.25) is 29.5 Å². The predicted molar refractivity (Wildman–Crippen MR) is 139 cm³/mol. The Morgan fingerprint density at radius 2 is 1.45 bits per heavy atom. The molecule has 5 amide bonds. The summed E-state index contributed by atoms with van der Waals surface area (Å²) in [6.45, 7) is 3.41. The monoisotopic (exact) mass is 529 g/mol. The van der Waals surface area contributed by atoms with Crippen LogP contribution in [0.25, 0.3) is 10.9 Å². The van der Waals surface area contributed by atoms with Gasteiger partial charge in [0.25, 0.3) is 0 Å². The van der Waals surface area contributed by atoms with Gasteiger partial charge in [0, 0.05) is 23.5 Å². The molecule has 1 aromatic heterocycles. The summed E-state index contributed by atoms with van der Waals surface area (Å²) in [4.78, 5) is 75.4. The third-order valence-corrected chi connectivity index (χ3v) is 5.67. The summed E-state index contributed by atoms with van der Waals surface area (Å²) >= 11 is 0. The lowest BCUT2D eigenvalue weighted by atomic mass is 10.0. The molecule has 0 bridgehead atoms. The number of aromatic nitrogens is 1. The number of nitrogens with two attached hydrogens (primary N) is 1. The largest absolute Gasteiger partial charge is 0.361 e. The minimum atomic E-state index is -0.982. The van der Waals surface area contributed by atoms with E-state index in [4.69, 9.17) is 5.73 Å². The zero-order valence-corrected chi connectivity index (χ0v) is 21.7. The quantitative estimate of drug-likeness (QED) is 0.150. The maximum atomic E-state index is 12.8. The molecule has 2 atom stereocenters. The molecule has 2 aromatic rings. The Bertz CT molecular complexity index is 1180. The molecule has 0 spiro atoms. The van der Waals surface area contributed by atoms with Gasteiger partial charge in [-0.2, -0.15) is 0 Å². The second-order valence-electron chi connectivity index (χ2n) is 9.06. The highest BCUT2D eigenvalue weighted by molar-refractivity contribution is 5.94. The summed E-state index contributed by atoms with van der Waals surface area (Å²) in [6.07, 6.45) is 1.91. The maximum Gasteiger partial charge on any atom is 0.243 e. The molecule has 206 valence electrons. The zero-order chi connectivity index (χ0) is 28.2. The van der Waals surface area contributed by atoms with E-state index in [0.29, 0.717) is 0 Å². The standard InChI is InChI=1S/C25H35N7O6/c1-14(2)24(15(3)33)32-23(37)13-29-21(35)11-28-22(36)12-30-25(38)19(31-20(34)9-26)8-16-10-27-18-7-5-4-6-17(16)18/h4-7,10,14,19,24,27H,8-9,11-13,26H2,1-3H3,(H,28,36)(H,29,35)(H,30,38)(H,31,34)(H,32,37). The van der Waals surface area contributed by atoms with Gasteiger partial charge < -0.3 is 37.3 Å². The van der Waals surface area contributed by atoms with Gasteiger partial charge in [0.1, 0.15) is 6.04 Å². The van der Waals surface area contributed by atoms with Crippen molar-refractivity contribution in [1.29, 1.82) is 0 Å². The Morgan fingerprint density at radius 1 is 0.842 bits per heavy atom. The number of carbonyl (C=O) groups excluding carboxylic acids is 6. The van der Waals surface area contributed by atoms with Gasteiger partial charge in [0.05, 0.1) is 32.2 Å². The lowest BCUT2D eigenvalue weighted by Crippen LogP contribution is -2.52. The predicted octanol–water partition coefficient (Wildman–Crippen LogP) is -1.77. The van der Waals surface area contributed by atoms with Crippen LogP contribution in [0.3, 0.4) is 0 Å². The molecule has 0 saturated heterocycles. The van der Waals surface area contributed by atoms with E-state index in [1.807, 2.05) is 24.3 Å². The van der Waals surface area contributed by atoms with Gasteiger partial charge in [-0.25, -0.2) is 0 Å². The zero-order valence-electron chi connectivity index (χ0n) is 21.7. The number of hydrogen-bond donors (Lipinski definition) is 7. The number of rotatable bonds is 14. The van der Waals surface area contributed by atoms with Gasteiger partial charge >= 0.3 is 0 Å². The van der Waals surface area contributed by atoms with Crippen LogP contribution in [0.1, 0.15) is 26.3 Å². The number of nitrogens with one attached hydrogen (secondary N) is 6. The van der Waals surface area contributed by atoms with Crippen LogP contribution in [0.4, 0.5) is 0 Å². The third kappa shape index (κ3) is 9.32. The maximum absolute atomic E-state index is 12.8. The van der Waals surface area contributed by atoms with Crippen molar-refractivity contribution in [2.24, 2.45) is 11.7 Å². The second kappa shape index (κ2) is 14.5. The number of H-pyrrole nitrogens is 1. The molecule has 2 unspecified atom stereocenters. The Labute approximate surface area is 220 Å². The van der Waals surface area contributed by atoms with Crippen LogP contribution in [0, 0.1) is 5.92 Å². The molecule has 0 radical (unpaired) electrons. The fourth-order valence-electron chi connectivity index (χ4n) is 3.72. The van der Waals surface area contributed by atoms with Gasteiger partial charge in [-0.15, -0.1) is 0 Å². The Kier molecular flexibility index (Phi) is 11.4. The summed E-state index contributed by atoms with van der Waals surface area (Å²) in [5, 5.41) is 13.1. The van der Waals surface area contributed by atoms with Crippen LogP contribution in [0.15, 0.2) is 30.5 Å². The molecule has 0 aliphatic carbocycles. The van der Waals surface area contributed by atoms with Gasteiger partial charge in [0.15, 0.2) is 5.78 Å². The highest BCUT2D eigenvalue weighted by Gasteiger charge is 2.23. The highest BCUT2D eigenvalue weighted by atomic mass is 16.2. The topological polar surface area (TPSA) is 204 Å². The smallest absolute Gasteiger partial charge is 0.243 e. The summed E-state index contributed by atoms with van der Waals surface area (Å²) < 4.78 is 0. The van der Waals surface area contributed by atoms with Crippen LogP contribution in [0.5, 0.6) is 0 Å². The van der Waals surface area contributed by atoms with Crippen LogP contribution in [-0.2, 0) is 35.2 Å². The Balaban J connectivity index is 1.81. The molecule has 2 rings (SSSR count). The van der Waals surface area contributed by atoms with Crippen LogP contribution in [0.2, 0.25) is 0 Å². The SMILES string of the molecule is CC(=O)C(NC(=O)CNC(=O)CNC(=O)CNC(=O)C(Cc1c[nH]c2ccccc12)NC(=O)CN)C(C)C. The van der Waals surface area contributed by atoms with Crippen LogP contribution >= 0.6 is 0 Å². The van der Waals surface area contributed by atoms with Crippen molar-refractivity contribution in [2.45, 2.75) is 39.3 Å². The first-order valence-electron chi connectivity index (χ1n) is 12.2. The second-order valence-corrected chi connectivity index (χ2v) is 9.06. The average molecular weight is 530 g/mol. The number of carbonyl (C=O) groups is 6. The molecule has 13 heteroatoms. The van der Waals surface area contributed by atoms with Gasteiger partial charge in [-0.3, -0.25) is 28.8 Å². The van der Waals surface area contributed by atoms with Crippen molar-refractivity contribution >= 4 is 46.2 Å². The molecular weight excluding hydrogens is 494 g/mol. The van der Waals surface area contributed by atoms with Crippen molar-refractivity contribution in [1.82, 2.24) is 31.6 Å². The van der Waals surface area contributed by atoms with Gasteiger partial charge in [-0.1, -0.05) is 32.0 Å². The van der Waals surface area contributed by atoms with E-state index in [0.717, 1.165) is 16.5 Å². The number of amides is 5. The summed E-state index contributed by atoms with van der Waals surface area (Å²) in [6, 6.07) is 5.85. The lowest BCUT2D eigenvalue weighted by Gasteiger charge is -2.19. The fourth-order valence-corrected chi connectivity index (χ4v) is 3.72. The highest BCUT2D eigenvalue weighted by Crippen LogP contribution is 2.19. The summed E-state index contributed by atoms with van der Waals surface area (Å²) in [5.41, 5.74) is 7.05. The van der Waals surface area contributed by atoms with Crippen molar-refractivity contribution in [3.8, 4) is 0 Å². The molecule has 0 aliphatic heterocycles. The van der Waals surface area contributed by atoms with Gasteiger partial charge in [-0.05, 0) is 24.5 Å². The molecule has 38 heavy (non-hydrogen) atoms. The third-order valence-electron chi connectivity index (χ3n) is 5.67. The van der Waals surface area contributed by atoms with Crippen LogP contribution < -0.4 is 32.3 Å². The van der Waals surface area contributed by atoms with E-state index in [-0.39, 0.29) is 31.2 Å². The molecule has 1 heterocycles. The molecule has 8 N–H and O–H groups in total. The first-order chi connectivity index (χ1) is 18.0. The normalized spacial score (nSPS) is 12.3. The van der Waals surface area contributed by atoms with Crippen LogP contribution in [-0.4, -0.2) is 78.6 Å². The van der Waals surface area contributed by atoms with Crippen molar-refractivity contribution in [3.63, 3.8) is 0 Å². The van der Waals surface area contributed by atoms with Crippen molar-refractivity contribution < 1.29 is 28.8 Å². The Morgan fingerprint density at radius 3 is 2.05 bits per heavy atom. The van der Waals surface area contributed by atoms with E-state index in [9.17, 15) is 28.8 Å². The number of ketones is 1. The lowest BCUT2D eigenvalue weighted by molar-refractivity contribution is -0.130. The number of Topliss-reactive ketones (excluding diaryl/α,β-unsaturated/α-hetero) is 1. The molecule has 0 saturated carbocycles. The number of fused-ring (bicyclic) bond motifs is 1. The van der Waals surface area contributed by atoms with Crippen molar-refractivity contribution in [3.05, 3.63) is 36.0 Å². The minimum Gasteiger partial charge on any atom is -0.361 e. The molecule has 13 nitrogen and oxygen atoms in total. The van der Waals surface area contributed by atoms with E-state index < -0.39 is 54.7 Å². The molecule has 0 fully saturated rings. The number of aromatic amines is 1. The van der Waals surface area contributed by atoms with E-state index in [1.165, 1.54) is 6.92 Å². The molecular formula is C25H35N7O6. The summed E-state index contributed by atoms with van der Waals surface area (Å²) in [5.74, 6) is -3.24. The summed E-state index contributed by atoms with van der Waals surface area (Å²) in [7, 11) is 0. The number of para-hydroxylation sites is 1. The molecule has 0 aliphatic rings. The first-order valence-corrected chi connectivity index (χ1v) is 12.2.